The molecule has 9 heteroatoms. The second-order valence-corrected chi connectivity index (χ2v) is 8.86. The summed E-state index contributed by atoms with van der Waals surface area (Å²) in [5.74, 6) is 0.868. The van der Waals surface area contributed by atoms with Crippen LogP contribution in [0.3, 0.4) is 0 Å². The van der Waals surface area contributed by atoms with Crippen LogP contribution in [0, 0.1) is 11.8 Å². The predicted octanol–water partition coefficient (Wildman–Crippen LogP) is -0.169. The number of nitrogens with zero attached hydrogens (tertiary/aromatic N) is 3. The molecule has 0 amide bonds. The van der Waals surface area contributed by atoms with Crippen molar-refractivity contribution in [2.45, 2.75) is 4.90 Å². The van der Waals surface area contributed by atoms with E-state index < -0.39 is 15.7 Å². The summed E-state index contributed by atoms with van der Waals surface area (Å²) in [6.07, 6.45) is 0. The fourth-order valence-corrected chi connectivity index (χ4v) is 5.37. The van der Waals surface area contributed by atoms with Crippen molar-refractivity contribution >= 4 is 15.8 Å². The number of hydrogen-bond acceptors (Lipinski definition) is 5. The van der Waals surface area contributed by atoms with Gasteiger partial charge >= 0.3 is 5.69 Å². The normalized spacial score (nSPS) is 23.3. The van der Waals surface area contributed by atoms with E-state index in [1.807, 2.05) is 4.90 Å². The number of anilines is 1. The Kier molecular flexibility index (Phi) is 4.00. The largest absolute Gasteiger partial charge is 0.357 e. The van der Waals surface area contributed by atoms with E-state index >= 15 is 0 Å². The molecule has 2 aliphatic heterocycles. The lowest BCUT2D eigenvalue weighted by Gasteiger charge is -2.22. The Morgan fingerprint density at radius 1 is 1.00 bits per heavy atom. The van der Waals surface area contributed by atoms with Gasteiger partial charge < -0.3 is 4.90 Å². The number of aromatic amines is 1. The Labute approximate surface area is 150 Å². The average molecular weight is 376 g/mol. The van der Waals surface area contributed by atoms with Crippen molar-refractivity contribution in [1.82, 2.24) is 13.9 Å². The van der Waals surface area contributed by atoms with Crippen LogP contribution < -0.4 is 16.1 Å². The van der Waals surface area contributed by atoms with Gasteiger partial charge in [-0.3, -0.25) is 14.3 Å². The zero-order chi connectivity index (χ0) is 18.5. The highest BCUT2D eigenvalue weighted by Crippen LogP contribution is 2.35. The Morgan fingerprint density at radius 3 is 2.19 bits per heavy atom. The maximum Gasteiger partial charge on any atom is 0.329 e. The van der Waals surface area contributed by atoms with Crippen LogP contribution in [0.25, 0.3) is 0 Å². The first-order valence-electron chi connectivity index (χ1n) is 8.47. The molecule has 26 heavy (non-hydrogen) atoms. The third kappa shape index (κ3) is 2.77. The second kappa shape index (κ2) is 6.10. The van der Waals surface area contributed by atoms with Crippen LogP contribution in [0.1, 0.15) is 0 Å². The molecule has 2 aromatic rings. The minimum Gasteiger partial charge on any atom is -0.357 e. The highest BCUT2D eigenvalue weighted by atomic mass is 32.2. The molecule has 0 spiro atoms. The first kappa shape index (κ1) is 17.0. The lowest BCUT2D eigenvalue weighted by molar-refractivity contribution is 0.453. The van der Waals surface area contributed by atoms with Crippen molar-refractivity contribution in [1.29, 1.82) is 0 Å². The van der Waals surface area contributed by atoms with Gasteiger partial charge in [0.15, 0.2) is 0 Å². The lowest BCUT2D eigenvalue weighted by Crippen LogP contribution is -2.37. The van der Waals surface area contributed by atoms with E-state index in [1.54, 1.807) is 34.6 Å². The van der Waals surface area contributed by atoms with Crippen LogP contribution in [0.5, 0.6) is 0 Å². The average Bonchev–Trinajstić information content (AvgIpc) is 3.19. The summed E-state index contributed by atoms with van der Waals surface area (Å²) in [5, 5.41) is 0. The second-order valence-electron chi connectivity index (χ2n) is 6.92. The molecule has 0 aliphatic carbocycles. The summed E-state index contributed by atoms with van der Waals surface area (Å²) in [6.45, 7) is 2.14. The molecule has 2 unspecified atom stereocenters. The molecule has 8 nitrogen and oxygen atoms in total. The molecular weight excluding hydrogens is 356 g/mol. The summed E-state index contributed by atoms with van der Waals surface area (Å²) in [7, 11) is -2.05. The van der Waals surface area contributed by atoms with Crippen molar-refractivity contribution in [2.75, 3.05) is 31.1 Å². The van der Waals surface area contributed by atoms with Gasteiger partial charge in [0, 0.05) is 39.3 Å². The fraction of sp³-hybridized carbons (Fsp3) is 0.412. The minimum atomic E-state index is -3.48. The number of nitrogens with one attached hydrogen (secondary N) is 1. The van der Waals surface area contributed by atoms with Gasteiger partial charge in [-0.2, -0.15) is 4.31 Å². The van der Waals surface area contributed by atoms with Crippen molar-refractivity contribution in [3.8, 4) is 0 Å². The van der Waals surface area contributed by atoms with Crippen molar-refractivity contribution in [3.63, 3.8) is 0 Å². The first-order chi connectivity index (χ1) is 12.4. The standard InChI is InChI=1S/C17H20N4O4S/c1-19-16(22)7-15(18-17(19)23)20-8-12-10-21(11-13(12)9-20)26(24,25)14-5-3-2-4-6-14/h2-7,12-13H,8-11H2,1H3,(H,18,23). The maximum absolute atomic E-state index is 12.8. The molecule has 2 aliphatic rings. The summed E-state index contributed by atoms with van der Waals surface area (Å²) in [5.41, 5.74) is -0.799. The number of H-pyrrole nitrogens is 1. The monoisotopic (exact) mass is 376 g/mol. The van der Waals surface area contributed by atoms with E-state index in [1.165, 1.54) is 13.1 Å². The first-order valence-corrected chi connectivity index (χ1v) is 9.91. The fourth-order valence-electron chi connectivity index (χ4n) is 3.80. The van der Waals surface area contributed by atoms with Gasteiger partial charge in [-0.15, -0.1) is 0 Å². The SMILES string of the molecule is Cn1c(=O)cc(N2CC3CN(S(=O)(=O)c4ccccc4)CC3C2)[nH]c1=O. The third-order valence-corrected chi connectivity index (χ3v) is 7.15. The van der Waals surface area contributed by atoms with Crippen LogP contribution >= 0.6 is 0 Å². The highest BCUT2D eigenvalue weighted by molar-refractivity contribution is 7.89. The van der Waals surface area contributed by atoms with Gasteiger partial charge in [-0.05, 0) is 24.0 Å². The zero-order valence-electron chi connectivity index (χ0n) is 14.3. The smallest absolute Gasteiger partial charge is 0.329 e. The van der Waals surface area contributed by atoms with E-state index in [-0.39, 0.29) is 17.4 Å². The number of fused-ring (bicyclic) bond motifs is 1. The molecule has 1 N–H and O–H groups in total. The van der Waals surface area contributed by atoms with Gasteiger partial charge in [0.2, 0.25) is 10.0 Å². The Bertz CT molecular complexity index is 999. The highest BCUT2D eigenvalue weighted by Gasteiger charge is 2.44. The molecule has 138 valence electrons. The van der Waals surface area contributed by atoms with Crippen LogP contribution in [0.4, 0.5) is 5.82 Å². The van der Waals surface area contributed by atoms with E-state index in [0.717, 1.165) is 4.57 Å². The topological polar surface area (TPSA) is 95.5 Å². The number of benzene rings is 1. The molecule has 0 radical (unpaired) electrons. The Morgan fingerprint density at radius 2 is 1.62 bits per heavy atom. The Balaban J connectivity index is 1.51. The molecular formula is C17H20N4O4S. The van der Waals surface area contributed by atoms with Crippen LogP contribution in [0.2, 0.25) is 0 Å². The van der Waals surface area contributed by atoms with Gasteiger partial charge in [0.1, 0.15) is 5.82 Å². The Hall–Kier alpha value is -2.39. The van der Waals surface area contributed by atoms with Gasteiger partial charge in [-0.25, -0.2) is 13.2 Å². The maximum atomic E-state index is 12.8. The molecule has 4 rings (SSSR count). The van der Waals surface area contributed by atoms with E-state index in [4.69, 9.17) is 0 Å². The van der Waals surface area contributed by atoms with Crippen LogP contribution in [-0.2, 0) is 17.1 Å². The molecule has 2 atom stereocenters. The van der Waals surface area contributed by atoms with Crippen molar-refractivity contribution in [3.05, 3.63) is 57.2 Å². The number of aromatic nitrogens is 2. The summed E-state index contributed by atoms with van der Waals surface area (Å²) < 4.78 is 28.1. The number of sulfonamides is 1. The van der Waals surface area contributed by atoms with Crippen molar-refractivity contribution in [2.24, 2.45) is 18.9 Å². The quantitative estimate of drug-likeness (QED) is 0.803. The van der Waals surface area contributed by atoms with Gasteiger partial charge in [-0.1, -0.05) is 18.2 Å². The molecule has 1 aromatic heterocycles. The van der Waals surface area contributed by atoms with Gasteiger partial charge in [0.05, 0.1) is 4.90 Å². The predicted molar refractivity (Wildman–Crippen MR) is 96.7 cm³/mol. The molecule has 0 bridgehead atoms. The molecule has 3 heterocycles. The minimum absolute atomic E-state index is 0.182. The molecule has 0 saturated carbocycles. The number of hydrogen-bond donors (Lipinski definition) is 1. The molecule has 2 saturated heterocycles. The molecule has 2 fully saturated rings. The number of rotatable bonds is 3. The lowest BCUT2D eigenvalue weighted by atomic mass is 10.0. The summed E-state index contributed by atoms with van der Waals surface area (Å²) >= 11 is 0. The summed E-state index contributed by atoms with van der Waals surface area (Å²) in [6, 6.07) is 9.87. The van der Waals surface area contributed by atoms with Gasteiger partial charge in [0.25, 0.3) is 5.56 Å². The van der Waals surface area contributed by atoms with E-state index in [9.17, 15) is 18.0 Å². The third-order valence-electron chi connectivity index (χ3n) is 5.30. The summed E-state index contributed by atoms with van der Waals surface area (Å²) in [4.78, 5) is 28.6. The molecule has 1 aromatic carbocycles. The van der Waals surface area contributed by atoms with Crippen LogP contribution in [-0.4, -0.2) is 48.5 Å². The van der Waals surface area contributed by atoms with Crippen molar-refractivity contribution < 1.29 is 8.42 Å². The zero-order valence-corrected chi connectivity index (χ0v) is 15.1. The van der Waals surface area contributed by atoms with Crippen LogP contribution in [0.15, 0.2) is 50.9 Å². The van der Waals surface area contributed by atoms with E-state index in [2.05, 4.69) is 4.98 Å². The van der Waals surface area contributed by atoms with E-state index in [0.29, 0.717) is 36.9 Å².